The Labute approximate surface area is 174 Å². The van der Waals surface area contributed by atoms with Crippen molar-refractivity contribution >= 4 is 33.0 Å². The molecule has 7 nitrogen and oxygen atoms in total. The van der Waals surface area contributed by atoms with E-state index in [1.807, 2.05) is 21.9 Å². The van der Waals surface area contributed by atoms with Crippen molar-refractivity contribution in [3.63, 3.8) is 0 Å². The molecule has 1 unspecified atom stereocenters. The highest BCUT2D eigenvalue weighted by Gasteiger charge is 2.31. The van der Waals surface area contributed by atoms with E-state index in [9.17, 15) is 9.59 Å². The van der Waals surface area contributed by atoms with E-state index in [4.69, 9.17) is 0 Å². The first-order valence-corrected chi connectivity index (χ1v) is 11.1. The van der Waals surface area contributed by atoms with Crippen molar-refractivity contribution in [3.8, 4) is 0 Å². The second kappa shape index (κ2) is 7.25. The molecule has 0 saturated carbocycles. The number of fused-ring (bicyclic) bond motifs is 3. The lowest BCUT2D eigenvalue weighted by atomic mass is 10.1. The van der Waals surface area contributed by atoms with Crippen LogP contribution in [0.15, 0.2) is 22.3 Å². The molecule has 1 atom stereocenters. The van der Waals surface area contributed by atoms with Gasteiger partial charge in [-0.15, -0.1) is 11.3 Å². The fraction of sp³-hybridized carbons (Fsp3) is 0.571. The molecule has 0 aliphatic carbocycles. The third kappa shape index (κ3) is 3.71. The first kappa shape index (κ1) is 20.1. The van der Waals surface area contributed by atoms with Gasteiger partial charge in [-0.3, -0.25) is 18.9 Å². The minimum Gasteiger partial charge on any atom is -0.350 e. The minimum absolute atomic E-state index is 0.0557. The molecule has 0 spiro atoms. The van der Waals surface area contributed by atoms with Gasteiger partial charge in [0.05, 0.1) is 0 Å². The Balaban J connectivity index is 1.59. The van der Waals surface area contributed by atoms with Crippen LogP contribution in [0.5, 0.6) is 0 Å². The summed E-state index contributed by atoms with van der Waals surface area (Å²) in [7, 11) is 0. The second-order valence-electron chi connectivity index (χ2n) is 9.19. The van der Waals surface area contributed by atoms with Crippen LogP contribution in [0.4, 0.5) is 0 Å². The summed E-state index contributed by atoms with van der Waals surface area (Å²) in [6, 6.07) is 4.02. The zero-order valence-corrected chi connectivity index (χ0v) is 18.5. The quantitative estimate of drug-likeness (QED) is 0.711. The molecule has 29 heavy (non-hydrogen) atoms. The molecule has 0 radical (unpaired) electrons. The van der Waals surface area contributed by atoms with Gasteiger partial charge >= 0.3 is 0 Å². The molecule has 1 saturated heterocycles. The highest BCUT2D eigenvalue weighted by atomic mass is 32.1. The van der Waals surface area contributed by atoms with Crippen molar-refractivity contribution in [2.45, 2.75) is 65.1 Å². The molecular formula is C21H29N5O2S. The monoisotopic (exact) mass is 415 g/mol. The van der Waals surface area contributed by atoms with E-state index in [2.05, 4.69) is 49.9 Å². The molecule has 1 fully saturated rings. The number of nitrogens with zero attached hydrogens (tertiary/aromatic N) is 4. The van der Waals surface area contributed by atoms with Gasteiger partial charge in [0, 0.05) is 36.0 Å². The molecule has 4 heterocycles. The predicted octanol–water partition coefficient (Wildman–Crippen LogP) is 2.82. The number of likely N-dealkylation sites (tertiary alicyclic amines) is 1. The number of amides is 1. The topological polar surface area (TPSA) is 71.6 Å². The van der Waals surface area contributed by atoms with Gasteiger partial charge in [0.1, 0.15) is 22.7 Å². The van der Waals surface area contributed by atoms with Gasteiger partial charge in [-0.1, -0.05) is 13.8 Å². The first-order valence-electron chi connectivity index (χ1n) is 10.2. The van der Waals surface area contributed by atoms with Crippen LogP contribution in [0.3, 0.4) is 0 Å². The maximum atomic E-state index is 13.0. The van der Waals surface area contributed by atoms with Crippen LogP contribution in [0.2, 0.25) is 0 Å². The van der Waals surface area contributed by atoms with E-state index >= 15 is 0 Å². The second-order valence-corrected chi connectivity index (χ2v) is 10.1. The Bertz CT molecular complexity index is 1120. The zero-order chi connectivity index (χ0) is 20.9. The highest BCUT2D eigenvalue weighted by molar-refractivity contribution is 7.16. The number of thiophene rings is 1. The average Bonchev–Trinajstić information content (AvgIpc) is 3.32. The van der Waals surface area contributed by atoms with Crippen LogP contribution >= 0.6 is 11.3 Å². The van der Waals surface area contributed by atoms with E-state index < -0.39 is 0 Å². The van der Waals surface area contributed by atoms with Crippen molar-refractivity contribution in [2.24, 2.45) is 0 Å². The Kier molecular flexibility index (Phi) is 5.02. The maximum absolute atomic E-state index is 13.0. The zero-order valence-electron chi connectivity index (χ0n) is 17.7. The van der Waals surface area contributed by atoms with Crippen molar-refractivity contribution in [1.82, 2.24) is 24.4 Å². The third-order valence-corrected chi connectivity index (χ3v) is 6.54. The maximum Gasteiger partial charge on any atom is 0.291 e. The Morgan fingerprint density at radius 1 is 1.38 bits per heavy atom. The summed E-state index contributed by atoms with van der Waals surface area (Å²) < 4.78 is 3.26. The van der Waals surface area contributed by atoms with Gasteiger partial charge in [0.2, 0.25) is 5.91 Å². The van der Waals surface area contributed by atoms with E-state index in [0.29, 0.717) is 5.52 Å². The van der Waals surface area contributed by atoms with Crippen molar-refractivity contribution < 1.29 is 4.79 Å². The molecule has 8 heteroatoms. The molecule has 1 aliphatic heterocycles. The summed E-state index contributed by atoms with van der Waals surface area (Å²) in [5.41, 5.74) is 0.450. The summed E-state index contributed by atoms with van der Waals surface area (Å²) in [5.74, 6) is 0.762. The smallest absolute Gasteiger partial charge is 0.291 e. The molecule has 1 N–H and O–H groups in total. The molecule has 0 bridgehead atoms. The highest BCUT2D eigenvalue weighted by Crippen LogP contribution is 2.26. The van der Waals surface area contributed by atoms with E-state index in [0.717, 1.165) is 35.6 Å². The fourth-order valence-electron chi connectivity index (χ4n) is 4.03. The van der Waals surface area contributed by atoms with Gasteiger partial charge in [-0.05, 0) is 44.7 Å². The van der Waals surface area contributed by atoms with Gasteiger partial charge in [0.15, 0.2) is 0 Å². The van der Waals surface area contributed by atoms with Crippen LogP contribution < -0.4 is 10.9 Å². The number of nitrogens with one attached hydrogen (secondary N) is 1. The molecule has 1 aliphatic rings. The SMILES string of the molecule is CC(C)c1nn(CC(=O)NC2CCN(C(C)(C)C)C2)c(=O)c2cc3ccsc3n12. The van der Waals surface area contributed by atoms with Crippen LogP contribution in [0.25, 0.3) is 15.7 Å². The molecular weight excluding hydrogens is 386 g/mol. The number of hydrogen-bond donors (Lipinski definition) is 1. The number of hydrogen-bond acceptors (Lipinski definition) is 5. The van der Waals surface area contributed by atoms with Crippen LogP contribution in [0.1, 0.15) is 52.8 Å². The molecule has 3 aromatic rings. The summed E-state index contributed by atoms with van der Waals surface area (Å²) >= 11 is 1.60. The molecule has 156 valence electrons. The van der Waals surface area contributed by atoms with Gasteiger partial charge < -0.3 is 5.32 Å². The summed E-state index contributed by atoms with van der Waals surface area (Å²) in [4.78, 5) is 29.1. The summed E-state index contributed by atoms with van der Waals surface area (Å²) in [6.45, 7) is 12.4. The number of carbonyl (C=O) groups is 1. The number of aromatic nitrogens is 3. The first-order chi connectivity index (χ1) is 13.6. The molecule has 4 rings (SSSR count). The third-order valence-electron chi connectivity index (χ3n) is 5.63. The van der Waals surface area contributed by atoms with E-state index in [1.165, 1.54) is 4.68 Å². The Hall–Kier alpha value is -2.19. The predicted molar refractivity (Wildman–Crippen MR) is 117 cm³/mol. The van der Waals surface area contributed by atoms with Crippen LogP contribution in [0, 0.1) is 0 Å². The summed E-state index contributed by atoms with van der Waals surface area (Å²) in [6.07, 6.45) is 0.927. The molecule has 0 aromatic carbocycles. The fourth-order valence-corrected chi connectivity index (χ4v) is 4.94. The van der Waals surface area contributed by atoms with Crippen LogP contribution in [-0.4, -0.2) is 49.7 Å². The van der Waals surface area contributed by atoms with Gasteiger partial charge in [0.25, 0.3) is 5.56 Å². The minimum atomic E-state index is -0.226. The Morgan fingerprint density at radius 3 is 2.79 bits per heavy atom. The van der Waals surface area contributed by atoms with E-state index in [1.54, 1.807) is 11.3 Å². The lowest BCUT2D eigenvalue weighted by molar-refractivity contribution is -0.122. The van der Waals surface area contributed by atoms with Crippen molar-refractivity contribution in [1.29, 1.82) is 0 Å². The molecule has 1 amide bonds. The van der Waals surface area contributed by atoms with Crippen molar-refractivity contribution in [3.05, 3.63) is 33.7 Å². The van der Waals surface area contributed by atoms with Gasteiger partial charge in [-0.25, -0.2) is 4.68 Å². The van der Waals surface area contributed by atoms with Crippen molar-refractivity contribution in [2.75, 3.05) is 13.1 Å². The molecule has 3 aromatic heterocycles. The number of carbonyl (C=O) groups excluding carboxylic acids is 1. The standard InChI is InChI=1S/C21H29N5O2S/c1-13(2)18-23-25(19(28)16-10-14-7-9-29-20(14)26(16)18)12-17(27)22-15-6-8-24(11-15)21(3,4)5/h7,9-10,13,15H,6,8,11-12H2,1-5H3,(H,22,27). The van der Waals surface area contributed by atoms with E-state index in [-0.39, 0.29) is 35.5 Å². The largest absolute Gasteiger partial charge is 0.350 e. The van der Waals surface area contributed by atoms with Gasteiger partial charge in [-0.2, -0.15) is 5.10 Å². The number of rotatable bonds is 4. The Morgan fingerprint density at radius 2 is 2.14 bits per heavy atom. The average molecular weight is 416 g/mol. The van der Waals surface area contributed by atoms with Crippen LogP contribution in [-0.2, 0) is 11.3 Å². The lowest BCUT2D eigenvalue weighted by Gasteiger charge is -2.31. The summed E-state index contributed by atoms with van der Waals surface area (Å²) in [5, 5.41) is 10.7. The lowest BCUT2D eigenvalue weighted by Crippen LogP contribution is -2.44. The normalized spacial score (nSPS) is 18.3.